The van der Waals surface area contributed by atoms with E-state index in [0.717, 1.165) is 24.8 Å². The standard InChI is InChI=1S/C11H23NO/c1-9-5-6-11(8-9)12-10(2)4-3-7-13/h9-13H,3-8H2,1-2H3. The van der Waals surface area contributed by atoms with Crippen molar-refractivity contribution in [2.75, 3.05) is 6.61 Å². The molecule has 0 aliphatic heterocycles. The minimum Gasteiger partial charge on any atom is -0.396 e. The summed E-state index contributed by atoms with van der Waals surface area (Å²) in [5.74, 6) is 0.905. The zero-order valence-corrected chi connectivity index (χ0v) is 8.92. The van der Waals surface area contributed by atoms with Gasteiger partial charge in [0.1, 0.15) is 0 Å². The third-order valence-corrected chi connectivity index (χ3v) is 3.01. The first-order valence-corrected chi connectivity index (χ1v) is 5.59. The van der Waals surface area contributed by atoms with E-state index in [1.807, 2.05) is 0 Å². The maximum Gasteiger partial charge on any atom is 0.0431 e. The molecular formula is C11H23NO. The number of hydrogen-bond donors (Lipinski definition) is 2. The summed E-state index contributed by atoms with van der Waals surface area (Å²) in [7, 11) is 0. The maximum absolute atomic E-state index is 8.69. The van der Waals surface area contributed by atoms with E-state index < -0.39 is 0 Å². The van der Waals surface area contributed by atoms with Crippen LogP contribution in [0.3, 0.4) is 0 Å². The van der Waals surface area contributed by atoms with Crippen molar-refractivity contribution in [1.82, 2.24) is 5.32 Å². The molecule has 78 valence electrons. The van der Waals surface area contributed by atoms with Crippen LogP contribution in [0.4, 0.5) is 0 Å². The maximum atomic E-state index is 8.69. The Bertz CT molecular complexity index is 138. The predicted octanol–water partition coefficient (Wildman–Crippen LogP) is 1.93. The lowest BCUT2D eigenvalue weighted by atomic mass is 10.1. The molecule has 0 heterocycles. The van der Waals surface area contributed by atoms with Gasteiger partial charge in [0, 0.05) is 18.7 Å². The fraction of sp³-hybridized carbons (Fsp3) is 1.00. The highest BCUT2D eigenvalue weighted by Crippen LogP contribution is 2.25. The van der Waals surface area contributed by atoms with Crippen LogP contribution in [-0.2, 0) is 0 Å². The minimum atomic E-state index is 0.326. The van der Waals surface area contributed by atoms with Crippen molar-refractivity contribution in [3.05, 3.63) is 0 Å². The van der Waals surface area contributed by atoms with Gasteiger partial charge < -0.3 is 10.4 Å². The molecule has 1 saturated carbocycles. The Morgan fingerprint density at radius 3 is 2.77 bits per heavy atom. The van der Waals surface area contributed by atoms with Gasteiger partial charge in [-0.05, 0) is 44.9 Å². The third-order valence-electron chi connectivity index (χ3n) is 3.01. The van der Waals surface area contributed by atoms with Gasteiger partial charge in [0.25, 0.3) is 0 Å². The first kappa shape index (κ1) is 11.0. The van der Waals surface area contributed by atoms with E-state index in [-0.39, 0.29) is 0 Å². The molecule has 1 fully saturated rings. The first-order valence-electron chi connectivity index (χ1n) is 5.59. The quantitative estimate of drug-likeness (QED) is 0.686. The second-order valence-electron chi connectivity index (χ2n) is 4.55. The van der Waals surface area contributed by atoms with Gasteiger partial charge in [-0.25, -0.2) is 0 Å². The molecule has 3 atom stereocenters. The van der Waals surface area contributed by atoms with Crippen molar-refractivity contribution < 1.29 is 5.11 Å². The zero-order valence-electron chi connectivity index (χ0n) is 8.92. The Labute approximate surface area is 81.7 Å². The van der Waals surface area contributed by atoms with Gasteiger partial charge in [0.05, 0.1) is 0 Å². The molecule has 1 aliphatic rings. The minimum absolute atomic E-state index is 0.326. The van der Waals surface area contributed by atoms with Crippen LogP contribution in [0, 0.1) is 5.92 Å². The van der Waals surface area contributed by atoms with Gasteiger partial charge in [-0.1, -0.05) is 6.92 Å². The van der Waals surface area contributed by atoms with Crippen molar-refractivity contribution in [1.29, 1.82) is 0 Å². The fourth-order valence-electron chi connectivity index (χ4n) is 2.24. The Balaban J connectivity index is 2.09. The summed E-state index contributed by atoms with van der Waals surface area (Å²) in [5.41, 5.74) is 0. The van der Waals surface area contributed by atoms with E-state index in [9.17, 15) is 0 Å². The Hall–Kier alpha value is -0.0800. The van der Waals surface area contributed by atoms with E-state index in [0.29, 0.717) is 12.6 Å². The summed E-state index contributed by atoms with van der Waals surface area (Å²) >= 11 is 0. The van der Waals surface area contributed by atoms with Crippen LogP contribution in [-0.4, -0.2) is 23.8 Å². The van der Waals surface area contributed by atoms with Gasteiger partial charge in [-0.15, -0.1) is 0 Å². The van der Waals surface area contributed by atoms with Crippen LogP contribution >= 0.6 is 0 Å². The van der Waals surface area contributed by atoms with Crippen LogP contribution in [0.5, 0.6) is 0 Å². The zero-order chi connectivity index (χ0) is 9.68. The molecule has 0 aromatic heterocycles. The highest BCUT2D eigenvalue weighted by atomic mass is 16.2. The smallest absolute Gasteiger partial charge is 0.0431 e. The van der Waals surface area contributed by atoms with Crippen molar-refractivity contribution >= 4 is 0 Å². The van der Waals surface area contributed by atoms with Crippen LogP contribution in [0.2, 0.25) is 0 Å². The molecule has 0 bridgehead atoms. The van der Waals surface area contributed by atoms with Gasteiger partial charge in [0.2, 0.25) is 0 Å². The average Bonchev–Trinajstić information content (AvgIpc) is 2.48. The lowest BCUT2D eigenvalue weighted by molar-refractivity contribution is 0.273. The second-order valence-corrected chi connectivity index (χ2v) is 4.55. The molecule has 3 unspecified atom stereocenters. The fourth-order valence-corrected chi connectivity index (χ4v) is 2.24. The topological polar surface area (TPSA) is 32.3 Å². The number of aliphatic hydroxyl groups is 1. The first-order chi connectivity index (χ1) is 6.22. The number of rotatable bonds is 5. The summed E-state index contributed by atoms with van der Waals surface area (Å²) in [5, 5.41) is 12.3. The van der Waals surface area contributed by atoms with Crippen molar-refractivity contribution in [3.63, 3.8) is 0 Å². The van der Waals surface area contributed by atoms with Crippen molar-refractivity contribution in [2.24, 2.45) is 5.92 Å². The monoisotopic (exact) mass is 185 g/mol. The van der Waals surface area contributed by atoms with Crippen LogP contribution < -0.4 is 5.32 Å². The Kier molecular flexibility index (Phi) is 4.74. The SMILES string of the molecule is CC1CCC(NC(C)CCCO)C1. The number of hydrogen-bond acceptors (Lipinski definition) is 2. The number of nitrogens with one attached hydrogen (secondary N) is 1. The van der Waals surface area contributed by atoms with E-state index >= 15 is 0 Å². The van der Waals surface area contributed by atoms with Crippen LogP contribution in [0.15, 0.2) is 0 Å². The Morgan fingerprint density at radius 1 is 1.46 bits per heavy atom. The molecule has 0 saturated heterocycles. The average molecular weight is 185 g/mol. The van der Waals surface area contributed by atoms with Crippen molar-refractivity contribution in [3.8, 4) is 0 Å². The van der Waals surface area contributed by atoms with Crippen LogP contribution in [0.1, 0.15) is 46.0 Å². The molecule has 2 heteroatoms. The largest absolute Gasteiger partial charge is 0.396 e. The second kappa shape index (κ2) is 5.61. The summed E-state index contributed by atoms with van der Waals surface area (Å²) in [4.78, 5) is 0. The van der Waals surface area contributed by atoms with E-state index in [4.69, 9.17) is 5.11 Å². The molecule has 0 aromatic rings. The highest BCUT2D eigenvalue weighted by molar-refractivity contribution is 4.80. The molecule has 13 heavy (non-hydrogen) atoms. The van der Waals surface area contributed by atoms with Gasteiger partial charge >= 0.3 is 0 Å². The summed E-state index contributed by atoms with van der Waals surface area (Å²) < 4.78 is 0. The normalized spacial score (nSPS) is 30.7. The lowest BCUT2D eigenvalue weighted by Gasteiger charge is -2.18. The predicted molar refractivity (Wildman–Crippen MR) is 55.7 cm³/mol. The third kappa shape index (κ3) is 4.10. The summed E-state index contributed by atoms with van der Waals surface area (Å²) in [6.07, 6.45) is 6.08. The van der Waals surface area contributed by atoms with Gasteiger partial charge in [-0.3, -0.25) is 0 Å². The lowest BCUT2D eigenvalue weighted by Crippen LogP contribution is -2.34. The van der Waals surface area contributed by atoms with E-state index in [2.05, 4.69) is 19.2 Å². The molecule has 0 amide bonds. The molecule has 1 rings (SSSR count). The summed E-state index contributed by atoms with van der Waals surface area (Å²) in [6.45, 7) is 4.88. The van der Waals surface area contributed by atoms with E-state index in [1.165, 1.54) is 19.3 Å². The molecule has 2 N–H and O–H groups in total. The highest BCUT2D eigenvalue weighted by Gasteiger charge is 2.21. The molecule has 0 radical (unpaired) electrons. The molecular weight excluding hydrogens is 162 g/mol. The molecule has 0 aromatic carbocycles. The van der Waals surface area contributed by atoms with Gasteiger partial charge in [0.15, 0.2) is 0 Å². The molecule has 1 aliphatic carbocycles. The Morgan fingerprint density at radius 2 is 2.23 bits per heavy atom. The number of aliphatic hydroxyl groups excluding tert-OH is 1. The molecule has 0 spiro atoms. The summed E-state index contributed by atoms with van der Waals surface area (Å²) in [6, 6.07) is 1.31. The van der Waals surface area contributed by atoms with Crippen molar-refractivity contribution in [2.45, 2.75) is 58.0 Å². The molecule has 2 nitrogen and oxygen atoms in total. The van der Waals surface area contributed by atoms with E-state index in [1.54, 1.807) is 0 Å². The van der Waals surface area contributed by atoms with Gasteiger partial charge in [-0.2, -0.15) is 0 Å². The van der Waals surface area contributed by atoms with Crippen LogP contribution in [0.25, 0.3) is 0 Å².